The molecule has 23 heavy (non-hydrogen) atoms. The molecule has 0 saturated heterocycles. The number of aromatic nitrogens is 2. The quantitative estimate of drug-likeness (QED) is 0.789. The van der Waals surface area contributed by atoms with Gasteiger partial charge in [-0.15, -0.1) is 0 Å². The van der Waals surface area contributed by atoms with Gasteiger partial charge in [-0.3, -0.25) is 9.48 Å². The number of nitrogens with zero attached hydrogens (tertiary/aromatic N) is 2. The molecule has 0 aliphatic rings. The first kappa shape index (κ1) is 16.7. The molecule has 1 heterocycles. The predicted molar refractivity (Wildman–Crippen MR) is 86.0 cm³/mol. The van der Waals surface area contributed by atoms with Crippen LogP contribution in [0.4, 0.5) is 5.69 Å². The number of amides is 1. The van der Waals surface area contributed by atoms with Crippen molar-refractivity contribution >= 4 is 17.6 Å². The van der Waals surface area contributed by atoms with Crippen LogP contribution in [0, 0.1) is 0 Å². The molecule has 0 radical (unpaired) electrons. The van der Waals surface area contributed by atoms with Gasteiger partial charge >= 0.3 is 5.97 Å². The number of rotatable bonds is 6. The fourth-order valence-corrected chi connectivity index (χ4v) is 2.19. The van der Waals surface area contributed by atoms with E-state index >= 15 is 0 Å². The minimum absolute atomic E-state index is 0.235. The van der Waals surface area contributed by atoms with Gasteiger partial charge in [-0.25, -0.2) is 4.79 Å². The van der Waals surface area contributed by atoms with E-state index in [0.717, 1.165) is 5.56 Å². The van der Waals surface area contributed by atoms with Crippen LogP contribution in [-0.2, 0) is 16.6 Å². The van der Waals surface area contributed by atoms with Crippen molar-refractivity contribution in [1.82, 2.24) is 15.1 Å². The number of anilines is 1. The van der Waals surface area contributed by atoms with E-state index in [1.807, 2.05) is 0 Å². The maximum absolute atomic E-state index is 12.4. The number of likely N-dealkylation sites (N-methyl/N-ethyl adjacent to an activating group) is 1. The first-order valence-electron chi connectivity index (χ1n) is 7.29. The fraction of sp³-hybridized carbons (Fsp3) is 0.312. The minimum Gasteiger partial charge on any atom is -0.462 e. The summed E-state index contributed by atoms with van der Waals surface area (Å²) in [5, 5.41) is 9.81. The van der Waals surface area contributed by atoms with Crippen molar-refractivity contribution in [2.24, 2.45) is 7.05 Å². The second kappa shape index (κ2) is 7.55. The number of benzene rings is 1. The molecule has 1 aromatic carbocycles. The SMILES string of the molecule is CCOC(=O)c1cccc(NC(=O)C(NC)c2cnn(C)c2)c1. The van der Waals surface area contributed by atoms with Crippen molar-refractivity contribution in [3.8, 4) is 0 Å². The number of hydrogen-bond acceptors (Lipinski definition) is 5. The molecule has 1 amide bonds. The van der Waals surface area contributed by atoms with Gasteiger partial charge < -0.3 is 15.4 Å². The maximum atomic E-state index is 12.4. The molecule has 2 N–H and O–H groups in total. The predicted octanol–water partition coefficient (Wildman–Crippen LogP) is 1.50. The van der Waals surface area contributed by atoms with Gasteiger partial charge in [0.2, 0.25) is 5.91 Å². The summed E-state index contributed by atoms with van der Waals surface area (Å²) in [5.74, 6) is -0.650. The number of nitrogens with one attached hydrogen (secondary N) is 2. The van der Waals surface area contributed by atoms with Crippen LogP contribution >= 0.6 is 0 Å². The fourth-order valence-electron chi connectivity index (χ4n) is 2.19. The third-order valence-electron chi connectivity index (χ3n) is 3.25. The van der Waals surface area contributed by atoms with Crippen LogP contribution in [0.25, 0.3) is 0 Å². The summed E-state index contributed by atoms with van der Waals surface area (Å²) in [4.78, 5) is 24.2. The molecule has 0 spiro atoms. The molecule has 0 fully saturated rings. The topological polar surface area (TPSA) is 85.2 Å². The van der Waals surface area contributed by atoms with Gasteiger partial charge in [0.15, 0.2) is 0 Å². The molecule has 0 aliphatic heterocycles. The smallest absolute Gasteiger partial charge is 0.338 e. The van der Waals surface area contributed by atoms with Gasteiger partial charge in [0.1, 0.15) is 6.04 Å². The summed E-state index contributed by atoms with van der Waals surface area (Å²) in [5.41, 5.74) is 1.69. The van der Waals surface area contributed by atoms with Crippen molar-refractivity contribution < 1.29 is 14.3 Å². The monoisotopic (exact) mass is 316 g/mol. The lowest BCUT2D eigenvalue weighted by Gasteiger charge is -2.15. The molecule has 0 saturated carbocycles. The number of carbonyl (C=O) groups is 2. The van der Waals surface area contributed by atoms with E-state index in [1.54, 1.807) is 62.4 Å². The highest BCUT2D eigenvalue weighted by atomic mass is 16.5. The van der Waals surface area contributed by atoms with E-state index < -0.39 is 12.0 Å². The van der Waals surface area contributed by atoms with Crippen LogP contribution in [-0.4, -0.2) is 35.3 Å². The summed E-state index contributed by atoms with van der Waals surface area (Å²) in [7, 11) is 3.49. The largest absolute Gasteiger partial charge is 0.462 e. The molecular formula is C16H20N4O3. The highest BCUT2D eigenvalue weighted by Gasteiger charge is 2.20. The number of aryl methyl sites for hydroxylation is 1. The Balaban J connectivity index is 2.13. The molecule has 0 bridgehead atoms. The van der Waals surface area contributed by atoms with Crippen LogP contribution < -0.4 is 10.6 Å². The van der Waals surface area contributed by atoms with Gasteiger partial charge in [-0.2, -0.15) is 5.10 Å². The molecule has 1 aromatic heterocycles. The molecule has 1 atom stereocenters. The zero-order chi connectivity index (χ0) is 16.8. The average Bonchev–Trinajstić information content (AvgIpc) is 2.94. The average molecular weight is 316 g/mol. The molecule has 122 valence electrons. The van der Waals surface area contributed by atoms with E-state index in [4.69, 9.17) is 4.74 Å². The number of carbonyl (C=O) groups excluding carboxylic acids is 2. The lowest BCUT2D eigenvalue weighted by Crippen LogP contribution is -2.30. The van der Waals surface area contributed by atoms with Crippen molar-refractivity contribution in [3.05, 3.63) is 47.8 Å². The molecule has 2 rings (SSSR count). The molecule has 1 unspecified atom stereocenters. The Bertz CT molecular complexity index is 696. The second-order valence-electron chi connectivity index (χ2n) is 4.96. The third-order valence-corrected chi connectivity index (χ3v) is 3.25. The van der Waals surface area contributed by atoms with Gasteiger partial charge in [0.05, 0.1) is 18.4 Å². The van der Waals surface area contributed by atoms with E-state index in [1.165, 1.54) is 0 Å². The van der Waals surface area contributed by atoms with Crippen LogP contribution in [0.3, 0.4) is 0 Å². The van der Waals surface area contributed by atoms with E-state index in [2.05, 4.69) is 15.7 Å². The van der Waals surface area contributed by atoms with Gasteiger partial charge in [0.25, 0.3) is 0 Å². The summed E-state index contributed by atoms with van der Waals surface area (Å²) in [6, 6.07) is 6.11. The summed E-state index contributed by atoms with van der Waals surface area (Å²) >= 11 is 0. The zero-order valence-corrected chi connectivity index (χ0v) is 13.4. The minimum atomic E-state index is -0.532. The van der Waals surface area contributed by atoms with Crippen molar-refractivity contribution in [1.29, 1.82) is 0 Å². The molecule has 0 aliphatic carbocycles. The summed E-state index contributed by atoms with van der Waals surface area (Å²) in [6.07, 6.45) is 3.41. The number of ether oxygens (including phenoxy) is 1. The molecule has 2 aromatic rings. The molecule has 7 heteroatoms. The van der Waals surface area contributed by atoms with Gasteiger partial charge in [-0.1, -0.05) is 6.07 Å². The standard InChI is InChI=1S/C16H20N4O3/c1-4-23-16(22)11-6-5-7-13(8-11)19-15(21)14(17-2)12-9-18-20(3)10-12/h5-10,14,17H,4H2,1-3H3,(H,19,21). The maximum Gasteiger partial charge on any atom is 0.338 e. The second-order valence-corrected chi connectivity index (χ2v) is 4.96. The Morgan fingerprint density at radius 3 is 2.78 bits per heavy atom. The Kier molecular flexibility index (Phi) is 5.48. The van der Waals surface area contributed by atoms with Gasteiger partial charge in [0, 0.05) is 24.5 Å². The van der Waals surface area contributed by atoms with Crippen molar-refractivity contribution in [3.63, 3.8) is 0 Å². The Labute approximate surface area is 134 Å². The zero-order valence-electron chi connectivity index (χ0n) is 13.4. The summed E-state index contributed by atoms with van der Waals surface area (Å²) in [6.45, 7) is 2.05. The van der Waals surface area contributed by atoms with Gasteiger partial charge in [-0.05, 0) is 32.2 Å². The number of esters is 1. The Morgan fingerprint density at radius 1 is 1.39 bits per heavy atom. The summed E-state index contributed by atoms with van der Waals surface area (Å²) < 4.78 is 6.59. The normalized spacial score (nSPS) is 11.8. The van der Waals surface area contributed by atoms with E-state index in [9.17, 15) is 9.59 Å². The lowest BCUT2D eigenvalue weighted by molar-refractivity contribution is -0.118. The number of hydrogen-bond donors (Lipinski definition) is 2. The Hall–Kier alpha value is -2.67. The molecular weight excluding hydrogens is 296 g/mol. The highest BCUT2D eigenvalue weighted by molar-refractivity contribution is 5.97. The van der Waals surface area contributed by atoms with Crippen molar-refractivity contribution in [2.45, 2.75) is 13.0 Å². The Morgan fingerprint density at radius 2 is 2.17 bits per heavy atom. The van der Waals surface area contributed by atoms with Crippen molar-refractivity contribution in [2.75, 3.05) is 19.0 Å². The van der Waals surface area contributed by atoms with Crippen LogP contribution in [0.1, 0.15) is 28.9 Å². The van der Waals surface area contributed by atoms with Crippen LogP contribution in [0.15, 0.2) is 36.7 Å². The van der Waals surface area contributed by atoms with E-state index in [-0.39, 0.29) is 5.91 Å². The van der Waals surface area contributed by atoms with Crippen LogP contribution in [0.2, 0.25) is 0 Å². The first-order chi connectivity index (χ1) is 11.0. The highest BCUT2D eigenvalue weighted by Crippen LogP contribution is 2.16. The third kappa shape index (κ3) is 4.17. The molecule has 7 nitrogen and oxygen atoms in total. The first-order valence-corrected chi connectivity index (χ1v) is 7.29. The van der Waals surface area contributed by atoms with E-state index in [0.29, 0.717) is 17.9 Å². The lowest BCUT2D eigenvalue weighted by atomic mass is 10.1. The van der Waals surface area contributed by atoms with Crippen LogP contribution in [0.5, 0.6) is 0 Å².